The topological polar surface area (TPSA) is 88.3 Å². The molecule has 0 saturated heterocycles. The third kappa shape index (κ3) is 5.64. The van der Waals surface area contributed by atoms with E-state index in [2.05, 4.69) is 25.7 Å². The van der Waals surface area contributed by atoms with Crippen LogP contribution in [0.3, 0.4) is 0 Å². The van der Waals surface area contributed by atoms with Crippen molar-refractivity contribution in [2.75, 3.05) is 24.7 Å². The van der Waals surface area contributed by atoms with Crippen molar-refractivity contribution in [2.45, 2.75) is 5.16 Å². The number of hydrogen-bond donors (Lipinski definition) is 1. The highest BCUT2D eigenvalue weighted by Gasteiger charge is 2.17. The van der Waals surface area contributed by atoms with Crippen LogP contribution in [0.1, 0.15) is 5.56 Å². The van der Waals surface area contributed by atoms with Gasteiger partial charge in [0.15, 0.2) is 11.0 Å². The molecule has 0 radical (unpaired) electrons. The number of thioether (sulfide) groups is 1. The second kappa shape index (κ2) is 10.6. The Morgan fingerprint density at radius 3 is 2.45 bits per heavy atom. The Bertz CT molecular complexity index is 1220. The highest BCUT2D eigenvalue weighted by atomic mass is 32.2. The lowest BCUT2D eigenvalue weighted by atomic mass is 10.2. The molecule has 8 nitrogen and oxygen atoms in total. The van der Waals surface area contributed by atoms with Crippen molar-refractivity contribution in [3.8, 4) is 17.1 Å². The summed E-state index contributed by atoms with van der Waals surface area (Å²) in [6, 6.07) is 21.4. The molecule has 4 aromatic rings. The molecule has 0 saturated carbocycles. The summed E-state index contributed by atoms with van der Waals surface area (Å²) in [6.45, 7) is 0. The summed E-state index contributed by atoms with van der Waals surface area (Å²) in [5.74, 6) is 0.609. The van der Waals surface area contributed by atoms with Gasteiger partial charge in [0.05, 0.1) is 12.0 Å². The summed E-state index contributed by atoms with van der Waals surface area (Å²) in [5, 5.41) is 13.4. The molecule has 2 aromatic carbocycles. The number of amides is 1. The number of nitrogens with zero attached hydrogens (tertiary/aromatic N) is 6. The smallest absolute Gasteiger partial charge is 0.250 e. The molecule has 0 atom stereocenters. The predicted octanol–water partition coefficient (Wildman–Crippen LogP) is 3.64. The van der Waals surface area contributed by atoms with E-state index >= 15 is 0 Å². The first-order valence-corrected chi connectivity index (χ1v) is 11.2. The van der Waals surface area contributed by atoms with Gasteiger partial charge < -0.3 is 4.90 Å². The molecule has 9 heteroatoms. The maximum absolute atomic E-state index is 12.4. The molecule has 0 aliphatic carbocycles. The van der Waals surface area contributed by atoms with Crippen LogP contribution in [0.15, 0.2) is 89.4 Å². The van der Waals surface area contributed by atoms with Gasteiger partial charge in [0.1, 0.15) is 0 Å². The Balaban J connectivity index is 1.44. The monoisotopic (exact) mass is 457 g/mol. The first kappa shape index (κ1) is 22.2. The van der Waals surface area contributed by atoms with Crippen molar-refractivity contribution in [1.29, 1.82) is 0 Å². The Hall–Kier alpha value is -3.98. The normalized spacial score (nSPS) is 11.0. The summed E-state index contributed by atoms with van der Waals surface area (Å²) in [7, 11) is 3.97. The van der Waals surface area contributed by atoms with Crippen LogP contribution >= 0.6 is 11.8 Å². The van der Waals surface area contributed by atoms with Crippen LogP contribution in [0.5, 0.6) is 0 Å². The first-order chi connectivity index (χ1) is 16.1. The lowest BCUT2D eigenvalue weighted by molar-refractivity contribution is -0.118. The lowest BCUT2D eigenvalue weighted by Crippen LogP contribution is -2.20. The number of hydrazone groups is 1. The van der Waals surface area contributed by atoms with Gasteiger partial charge in [-0.25, -0.2) is 5.43 Å². The van der Waals surface area contributed by atoms with Gasteiger partial charge in [-0.15, -0.1) is 10.2 Å². The van der Waals surface area contributed by atoms with Crippen LogP contribution in [0.4, 0.5) is 5.69 Å². The Morgan fingerprint density at radius 1 is 1.03 bits per heavy atom. The van der Waals surface area contributed by atoms with Gasteiger partial charge in [0.25, 0.3) is 5.91 Å². The van der Waals surface area contributed by atoms with Gasteiger partial charge in [0, 0.05) is 43.4 Å². The third-order valence-electron chi connectivity index (χ3n) is 4.73. The quantitative estimate of drug-likeness (QED) is 0.247. The molecule has 0 bridgehead atoms. The lowest BCUT2D eigenvalue weighted by Gasteiger charge is -2.11. The van der Waals surface area contributed by atoms with Crippen molar-refractivity contribution in [3.63, 3.8) is 0 Å². The number of para-hydroxylation sites is 1. The van der Waals surface area contributed by atoms with Gasteiger partial charge >= 0.3 is 0 Å². The Labute approximate surface area is 196 Å². The fourth-order valence-corrected chi connectivity index (χ4v) is 3.81. The minimum Gasteiger partial charge on any atom is -0.378 e. The van der Waals surface area contributed by atoms with Crippen LogP contribution < -0.4 is 10.3 Å². The van der Waals surface area contributed by atoms with Crippen LogP contribution in [0.2, 0.25) is 0 Å². The highest BCUT2D eigenvalue weighted by Crippen LogP contribution is 2.27. The number of anilines is 1. The molecule has 0 unspecified atom stereocenters. The van der Waals surface area contributed by atoms with Crippen LogP contribution in [-0.4, -0.2) is 51.7 Å². The second-order valence-corrected chi connectivity index (χ2v) is 8.22. The Morgan fingerprint density at radius 2 is 1.76 bits per heavy atom. The minimum absolute atomic E-state index is 0.151. The molecule has 33 heavy (non-hydrogen) atoms. The van der Waals surface area contributed by atoms with Gasteiger partial charge in [-0.3, -0.25) is 14.3 Å². The van der Waals surface area contributed by atoms with E-state index in [0.717, 1.165) is 22.5 Å². The number of benzene rings is 2. The van der Waals surface area contributed by atoms with Crippen molar-refractivity contribution >= 4 is 29.6 Å². The minimum atomic E-state index is -0.228. The summed E-state index contributed by atoms with van der Waals surface area (Å²) in [4.78, 5) is 18.4. The molecular weight excluding hydrogens is 434 g/mol. The average Bonchev–Trinajstić information content (AvgIpc) is 3.28. The number of rotatable bonds is 8. The van der Waals surface area contributed by atoms with Crippen molar-refractivity contribution in [3.05, 3.63) is 84.7 Å². The van der Waals surface area contributed by atoms with Crippen molar-refractivity contribution in [1.82, 2.24) is 25.2 Å². The molecule has 2 heterocycles. The zero-order valence-corrected chi connectivity index (χ0v) is 19.1. The maximum atomic E-state index is 12.4. The van der Waals surface area contributed by atoms with E-state index < -0.39 is 0 Å². The molecule has 0 fully saturated rings. The van der Waals surface area contributed by atoms with E-state index in [1.54, 1.807) is 18.6 Å². The SMILES string of the molecule is CN(C)c1ccc(C=NNC(=O)CSc2nnc(-c3ccncc3)n2-c2ccccc2)cc1. The van der Waals surface area contributed by atoms with Gasteiger partial charge in [-0.05, 0) is 42.0 Å². The molecular formula is C24H23N7OS. The standard InChI is InChI=1S/C24H23N7OS/c1-30(2)20-10-8-18(9-11-20)16-26-27-22(32)17-33-24-29-28-23(19-12-14-25-15-13-19)31(24)21-6-4-3-5-7-21/h3-16H,17H2,1-2H3,(H,27,32). The largest absolute Gasteiger partial charge is 0.378 e. The van der Waals surface area contributed by atoms with E-state index in [0.29, 0.717) is 11.0 Å². The molecule has 4 rings (SSSR count). The first-order valence-electron chi connectivity index (χ1n) is 10.2. The van der Waals surface area contributed by atoms with E-state index in [9.17, 15) is 4.79 Å². The van der Waals surface area contributed by atoms with Gasteiger partial charge in [0.2, 0.25) is 0 Å². The highest BCUT2D eigenvalue weighted by molar-refractivity contribution is 7.99. The summed E-state index contributed by atoms with van der Waals surface area (Å²) in [6.07, 6.45) is 5.05. The average molecular weight is 458 g/mol. The summed E-state index contributed by atoms with van der Waals surface area (Å²) >= 11 is 1.30. The van der Waals surface area contributed by atoms with E-state index in [1.807, 2.05) is 90.3 Å². The summed E-state index contributed by atoms with van der Waals surface area (Å²) in [5.41, 5.74) is 6.38. The van der Waals surface area contributed by atoms with Gasteiger partial charge in [-0.1, -0.05) is 42.1 Å². The molecule has 0 aliphatic heterocycles. The predicted molar refractivity (Wildman–Crippen MR) is 132 cm³/mol. The van der Waals surface area contributed by atoms with Crippen LogP contribution in [0.25, 0.3) is 17.1 Å². The number of hydrogen-bond acceptors (Lipinski definition) is 7. The van der Waals surface area contributed by atoms with Gasteiger partial charge in [-0.2, -0.15) is 5.10 Å². The number of carbonyl (C=O) groups is 1. The molecule has 1 N–H and O–H groups in total. The molecule has 0 spiro atoms. The fraction of sp³-hybridized carbons (Fsp3) is 0.125. The number of carbonyl (C=O) groups excluding carboxylic acids is 1. The second-order valence-electron chi connectivity index (χ2n) is 7.28. The number of aromatic nitrogens is 4. The fourth-order valence-electron chi connectivity index (χ4n) is 3.06. The molecule has 0 aliphatic rings. The van der Waals surface area contributed by atoms with E-state index in [4.69, 9.17) is 0 Å². The van der Waals surface area contributed by atoms with Crippen LogP contribution in [-0.2, 0) is 4.79 Å². The maximum Gasteiger partial charge on any atom is 0.250 e. The van der Waals surface area contributed by atoms with Crippen LogP contribution in [0, 0.1) is 0 Å². The van der Waals surface area contributed by atoms with E-state index in [-0.39, 0.29) is 11.7 Å². The van der Waals surface area contributed by atoms with E-state index in [1.165, 1.54) is 11.8 Å². The zero-order chi connectivity index (χ0) is 23.0. The molecule has 1 amide bonds. The molecule has 2 aromatic heterocycles. The number of pyridine rings is 1. The zero-order valence-electron chi connectivity index (χ0n) is 18.3. The summed E-state index contributed by atoms with van der Waals surface area (Å²) < 4.78 is 1.93. The van der Waals surface area contributed by atoms with Crippen molar-refractivity contribution < 1.29 is 4.79 Å². The number of nitrogens with one attached hydrogen (secondary N) is 1. The molecule has 166 valence electrons. The van der Waals surface area contributed by atoms with Crippen molar-refractivity contribution in [2.24, 2.45) is 5.10 Å². The Kier molecular flexibility index (Phi) is 7.11. The third-order valence-corrected chi connectivity index (χ3v) is 5.66.